The van der Waals surface area contributed by atoms with Gasteiger partial charge in [0.25, 0.3) is 0 Å². The van der Waals surface area contributed by atoms with E-state index in [0.29, 0.717) is 0 Å². The van der Waals surface area contributed by atoms with Gasteiger partial charge in [-0.1, -0.05) is 85.0 Å². The summed E-state index contributed by atoms with van der Waals surface area (Å²) in [4.78, 5) is 0. The summed E-state index contributed by atoms with van der Waals surface area (Å²) in [6, 6.07) is 8.35. The van der Waals surface area contributed by atoms with Crippen molar-refractivity contribution in [3.63, 3.8) is 0 Å². The topological polar surface area (TPSA) is 14.2 Å². The van der Waals surface area contributed by atoms with Crippen LogP contribution in [-0.4, -0.2) is 11.7 Å². The predicted molar refractivity (Wildman–Crippen MR) is 123 cm³/mol. The molecule has 0 N–H and O–H groups in total. The molecular weight excluding hydrogens is 445 g/mol. The molecule has 0 unspecified atom stereocenters. The Balaban J connectivity index is 2.15. The largest absolute Gasteiger partial charge is 0.497 e. The summed E-state index contributed by atoms with van der Waals surface area (Å²) in [5.74, 6) is 0.873. The summed E-state index contributed by atoms with van der Waals surface area (Å²) < 4.78 is 7.67. The first-order valence-corrected chi connectivity index (χ1v) is 10.3. The second-order valence-electron chi connectivity index (χ2n) is 7.88. The summed E-state index contributed by atoms with van der Waals surface area (Å²) in [5.41, 5.74) is 3.75. The average molecular weight is 469 g/mol. The van der Waals surface area contributed by atoms with Crippen molar-refractivity contribution in [2.45, 2.75) is 24.2 Å². The van der Waals surface area contributed by atoms with Crippen LogP contribution >= 0.6 is 22.6 Å². The van der Waals surface area contributed by atoms with Gasteiger partial charge in [-0.3, -0.25) is 0 Å². The quantitative estimate of drug-likeness (QED) is 0.452. The number of alkyl halides is 1. The highest BCUT2D eigenvalue weighted by Gasteiger charge is 2.30. The van der Waals surface area contributed by atoms with Crippen LogP contribution in [0.5, 0.6) is 5.75 Å². The van der Waals surface area contributed by atoms with Gasteiger partial charge in [-0.15, -0.1) is 0 Å². The third kappa shape index (κ3) is 3.22. The molecule has 2 aliphatic rings. The molecule has 1 atom stereocenters. The molecule has 0 fully saturated rings. The summed E-state index contributed by atoms with van der Waals surface area (Å²) in [6.07, 6.45) is 17.9. The summed E-state index contributed by atoms with van der Waals surface area (Å²) in [6.45, 7) is 6.78. The van der Waals surface area contributed by atoms with Gasteiger partial charge in [0.05, 0.1) is 21.6 Å². The zero-order valence-electron chi connectivity index (χ0n) is 16.2. The number of benzene rings is 1. The minimum atomic E-state index is -0.113. The zero-order chi connectivity index (χ0) is 19.2. The van der Waals surface area contributed by atoms with Crippen molar-refractivity contribution in [2.24, 2.45) is 5.41 Å². The van der Waals surface area contributed by atoms with Crippen LogP contribution < -0.4 is 15.3 Å². The summed E-state index contributed by atoms with van der Waals surface area (Å²) in [7, 11) is 1.71. The van der Waals surface area contributed by atoms with E-state index in [2.05, 4.69) is 109 Å². The van der Waals surface area contributed by atoms with E-state index in [-0.39, 0.29) is 8.84 Å². The van der Waals surface area contributed by atoms with E-state index in [1.165, 1.54) is 21.8 Å². The van der Waals surface area contributed by atoms with Crippen molar-refractivity contribution in [1.82, 2.24) is 4.57 Å². The third-order valence-electron chi connectivity index (χ3n) is 5.16. The maximum absolute atomic E-state index is 5.37. The molecule has 3 heteroatoms. The van der Waals surface area contributed by atoms with Crippen molar-refractivity contribution >= 4 is 40.8 Å². The monoisotopic (exact) mass is 469 g/mol. The van der Waals surface area contributed by atoms with Crippen LogP contribution in [0.1, 0.15) is 32.0 Å². The lowest BCUT2D eigenvalue weighted by Gasteiger charge is -2.23. The Labute approximate surface area is 174 Å². The molecule has 138 valence electrons. The van der Waals surface area contributed by atoms with Gasteiger partial charge in [-0.2, -0.15) is 0 Å². The number of ether oxygens (including phenoxy) is 1. The fourth-order valence-corrected chi connectivity index (χ4v) is 4.59. The van der Waals surface area contributed by atoms with E-state index in [9.17, 15) is 0 Å². The number of allylic oxidation sites excluding steroid dienone is 5. The molecular formula is C24H24INO. The van der Waals surface area contributed by atoms with E-state index in [0.717, 1.165) is 11.4 Å². The molecule has 2 aliphatic carbocycles. The minimum Gasteiger partial charge on any atom is -0.497 e. The lowest BCUT2D eigenvalue weighted by Crippen LogP contribution is -2.31. The standard InChI is InChI=1S/C24H24INO/c1-23(2)14-7-9-19-20-8-5-6-15-24(3,25)22(20)26(21(19)16-23)17-10-12-18(27-4)13-11-17/h5-16H,1-4H3/t24-/m1/s1. The Morgan fingerprint density at radius 3 is 2.41 bits per heavy atom. The summed E-state index contributed by atoms with van der Waals surface area (Å²) >= 11 is 2.56. The van der Waals surface area contributed by atoms with Gasteiger partial charge in [-0.25, -0.2) is 0 Å². The van der Waals surface area contributed by atoms with Crippen molar-refractivity contribution in [3.8, 4) is 11.4 Å². The molecule has 2 aromatic rings. The van der Waals surface area contributed by atoms with Crippen LogP contribution in [0.25, 0.3) is 23.9 Å². The van der Waals surface area contributed by atoms with Gasteiger partial charge in [0.1, 0.15) is 5.75 Å². The van der Waals surface area contributed by atoms with Crippen LogP contribution in [0.2, 0.25) is 0 Å². The van der Waals surface area contributed by atoms with E-state index < -0.39 is 0 Å². The molecule has 0 aliphatic heterocycles. The average Bonchev–Trinajstić information content (AvgIpc) is 2.72. The minimum absolute atomic E-state index is 0.00971. The van der Waals surface area contributed by atoms with E-state index in [4.69, 9.17) is 4.74 Å². The molecule has 0 bridgehead atoms. The number of hydrogen-bond acceptors (Lipinski definition) is 1. The second kappa shape index (κ2) is 6.55. The molecule has 4 rings (SSSR count). The molecule has 0 saturated heterocycles. The van der Waals surface area contributed by atoms with Gasteiger partial charge in [0, 0.05) is 21.9 Å². The highest BCUT2D eigenvalue weighted by molar-refractivity contribution is 14.1. The van der Waals surface area contributed by atoms with Crippen molar-refractivity contribution < 1.29 is 4.74 Å². The normalized spacial score (nSPS) is 22.1. The lowest BCUT2D eigenvalue weighted by atomic mass is 9.93. The number of fused-ring (bicyclic) bond motifs is 3. The van der Waals surface area contributed by atoms with Gasteiger partial charge in [-0.05, 0) is 31.2 Å². The smallest absolute Gasteiger partial charge is 0.119 e. The van der Waals surface area contributed by atoms with Crippen molar-refractivity contribution in [1.29, 1.82) is 0 Å². The Bertz CT molecular complexity index is 1090. The van der Waals surface area contributed by atoms with Gasteiger partial charge in [0.2, 0.25) is 0 Å². The number of hydrogen-bond donors (Lipinski definition) is 0. The van der Waals surface area contributed by atoms with Crippen LogP contribution in [-0.2, 0) is 3.42 Å². The molecule has 0 amide bonds. The maximum Gasteiger partial charge on any atom is 0.119 e. The predicted octanol–water partition coefficient (Wildman–Crippen LogP) is 4.88. The first-order chi connectivity index (χ1) is 12.8. The fourth-order valence-electron chi connectivity index (χ4n) is 3.85. The maximum atomic E-state index is 5.37. The number of aromatic nitrogens is 1. The lowest BCUT2D eigenvalue weighted by molar-refractivity contribution is 0.414. The van der Waals surface area contributed by atoms with Gasteiger partial charge >= 0.3 is 0 Å². The third-order valence-corrected chi connectivity index (χ3v) is 6.03. The van der Waals surface area contributed by atoms with E-state index in [1.807, 2.05) is 12.1 Å². The fraction of sp³-hybridized carbons (Fsp3) is 0.250. The molecule has 1 heterocycles. The van der Waals surface area contributed by atoms with Gasteiger partial charge < -0.3 is 9.30 Å². The number of methoxy groups -OCH3 is 1. The molecule has 1 aromatic carbocycles. The zero-order valence-corrected chi connectivity index (χ0v) is 18.3. The molecule has 0 radical (unpaired) electrons. The van der Waals surface area contributed by atoms with Crippen molar-refractivity contribution in [2.75, 3.05) is 7.11 Å². The molecule has 0 saturated carbocycles. The van der Waals surface area contributed by atoms with Crippen LogP contribution in [0.3, 0.4) is 0 Å². The number of nitrogens with zero attached hydrogens (tertiary/aromatic N) is 1. The molecule has 27 heavy (non-hydrogen) atoms. The number of halogens is 1. The van der Waals surface area contributed by atoms with E-state index >= 15 is 0 Å². The Morgan fingerprint density at radius 1 is 0.963 bits per heavy atom. The van der Waals surface area contributed by atoms with Crippen LogP contribution in [0.4, 0.5) is 0 Å². The SMILES string of the molecule is COc1ccc(-n2c3c(c4c2=CC(C)(C)C=CC=4)C=CC=C[C@@]3(C)I)cc1. The van der Waals surface area contributed by atoms with Crippen LogP contribution in [0.15, 0.2) is 54.6 Å². The Morgan fingerprint density at radius 2 is 1.70 bits per heavy atom. The molecule has 1 aromatic heterocycles. The van der Waals surface area contributed by atoms with Crippen molar-refractivity contribution in [3.05, 3.63) is 76.5 Å². The highest BCUT2D eigenvalue weighted by Crippen LogP contribution is 2.37. The second-order valence-corrected chi connectivity index (χ2v) is 10.1. The van der Waals surface area contributed by atoms with Crippen LogP contribution in [0, 0.1) is 5.41 Å². The summed E-state index contributed by atoms with van der Waals surface area (Å²) in [5, 5.41) is 2.54. The Kier molecular flexibility index (Phi) is 4.46. The first-order valence-electron chi connectivity index (χ1n) is 9.19. The van der Waals surface area contributed by atoms with E-state index in [1.54, 1.807) is 7.11 Å². The Hall–Kier alpha value is -2.01. The first kappa shape index (κ1) is 18.4. The van der Waals surface area contributed by atoms with Gasteiger partial charge in [0.15, 0.2) is 0 Å². The molecule has 0 spiro atoms. The number of rotatable bonds is 2. The molecule has 2 nitrogen and oxygen atoms in total. The highest BCUT2D eigenvalue weighted by atomic mass is 127.